The van der Waals surface area contributed by atoms with Crippen molar-refractivity contribution in [3.8, 4) is 17.2 Å². The van der Waals surface area contributed by atoms with E-state index in [2.05, 4.69) is 57.1 Å². The summed E-state index contributed by atoms with van der Waals surface area (Å²) >= 11 is 2.39. The van der Waals surface area contributed by atoms with Crippen molar-refractivity contribution in [2.24, 2.45) is 0 Å². The van der Waals surface area contributed by atoms with Gasteiger partial charge in [-0.3, -0.25) is 0 Å². The van der Waals surface area contributed by atoms with Crippen LogP contribution in [0.5, 0.6) is 17.2 Å². The summed E-state index contributed by atoms with van der Waals surface area (Å²) in [6.07, 6.45) is 1.04. The monoisotopic (exact) mass is 454 g/mol. The average molecular weight is 454 g/mol. The predicted octanol–water partition coefficient (Wildman–Crippen LogP) is 3.95. The second-order valence-electron chi connectivity index (χ2n) is 5.93. The Hall–Kier alpha value is -1.83. The van der Waals surface area contributed by atoms with Crippen LogP contribution in [0.25, 0.3) is 0 Å². The molecule has 0 amide bonds. The minimum absolute atomic E-state index is 0.381. The van der Waals surface area contributed by atoms with Gasteiger partial charge in [-0.05, 0) is 18.1 Å². The van der Waals surface area contributed by atoms with Gasteiger partial charge in [-0.15, -0.1) is 0 Å². The van der Waals surface area contributed by atoms with Crippen LogP contribution in [0, 0.1) is 0 Å². The van der Waals surface area contributed by atoms with E-state index >= 15 is 0 Å². The second-order valence-corrected chi connectivity index (χ2v) is 6.61. The quantitative estimate of drug-likeness (QED) is 0.390. The molecule has 1 atom stereocenters. The summed E-state index contributed by atoms with van der Waals surface area (Å²) in [6.45, 7) is 0.899. The molecule has 2 aromatic rings. The van der Waals surface area contributed by atoms with Crippen molar-refractivity contribution >= 4 is 34.0 Å². The van der Waals surface area contributed by atoms with Gasteiger partial charge in [0.2, 0.25) is 5.75 Å². The first kappa shape index (κ1) is 18.0. The molecule has 25 heavy (non-hydrogen) atoms. The molecule has 0 saturated carbocycles. The van der Waals surface area contributed by atoms with Gasteiger partial charge in [0, 0.05) is 36.1 Å². The largest absolute Gasteiger partial charge is 0.493 e. The molecule has 3 rings (SSSR count). The van der Waals surface area contributed by atoms with Gasteiger partial charge in [-0.2, -0.15) is 0 Å². The van der Waals surface area contributed by atoms with Crippen molar-refractivity contribution in [3.05, 3.63) is 42.0 Å². The topological polar surface area (TPSA) is 43.0 Å². The van der Waals surface area contributed by atoms with Crippen LogP contribution >= 0.6 is 22.6 Å². The third-order valence-electron chi connectivity index (χ3n) is 4.44. The van der Waals surface area contributed by atoms with Crippen LogP contribution < -0.4 is 24.4 Å². The number of nitrogens with one attached hydrogen (secondary N) is 1. The van der Waals surface area contributed by atoms with Gasteiger partial charge in [0.1, 0.15) is 0 Å². The van der Waals surface area contributed by atoms with Crippen molar-refractivity contribution < 1.29 is 14.2 Å². The molecule has 0 fully saturated rings. The maximum absolute atomic E-state index is 5.48. The number of fused-ring (bicyclic) bond motifs is 1. The molecule has 6 heteroatoms. The molecule has 1 heterocycles. The molecular weight excluding hydrogens is 431 g/mol. The van der Waals surface area contributed by atoms with E-state index in [9.17, 15) is 0 Å². The van der Waals surface area contributed by atoms with E-state index in [0.29, 0.717) is 23.3 Å². The highest BCUT2D eigenvalue weighted by Crippen LogP contribution is 2.41. The van der Waals surface area contributed by atoms with Crippen LogP contribution in [0.1, 0.15) is 5.56 Å². The fourth-order valence-electron chi connectivity index (χ4n) is 3.22. The van der Waals surface area contributed by atoms with Crippen molar-refractivity contribution in [1.29, 1.82) is 0 Å². The highest BCUT2D eigenvalue weighted by atomic mass is 127. The van der Waals surface area contributed by atoms with Gasteiger partial charge < -0.3 is 24.4 Å². The molecule has 1 N–H and O–H groups in total. The Morgan fingerprint density at radius 2 is 1.76 bits per heavy atom. The molecule has 0 spiro atoms. The molecule has 1 unspecified atom stereocenters. The molecule has 2 aromatic carbocycles. The van der Waals surface area contributed by atoms with Gasteiger partial charge in [0.15, 0.2) is 11.5 Å². The van der Waals surface area contributed by atoms with Gasteiger partial charge in [0.25, 0.3) is 0 Å². The van der Waals surface area contributed by atoms with Crippen LogP contribution in [-0.4, -0.2) is 38.5 Å². The lowest BCUT2D eigenvalue weighted by Gasteiger charge is -2.27. The minimum atomic E-state index is 0.381. The Labute approximate surface area is 162 Å². The summed E-state index contributed by atoms with van der Waals surface area (Å²) in [5, 5.41) is 3.62. The molecule has 0 bridgehead atoms. The normalized spacial score (nSPS) is 15.3. The SMILES string of the molecule is COc1cc(N(CI)CC2Cc3ccccc3N2)cc(OC)c1OC. The number of halogens is 1. The van der Waals surface area contributed by atoms with E-state index in [1.54, 1.807) is 21.3 Å². The van der Waals surface area contributed by atoms with Crippen LogP contribution in [0.2, 0.25) is 0 Å². The van der Waals surface area contributed by atoms with E-state index in [4.69, 9.17) is 14.2 Å². The van der Waals surface area contributed by atoms with Gasteiger partial charge in [-0.25, -0.2) is 0 Å². The summed E-state index contributed by atoms with van der Waals surface area (Å²) in [6, 6.07) is 12.9. The number of rotatable bonds is 7. The van der Waals surface area contributed by atoms with E-state index in [0.717, 1.165) is 23.2 Å². The van der Waals surface area contributed by atoms with Crippen molar-refractivity contribution in [3.63, 3.8) is 0 Å². The Morgan fingerprint density at radius 1 is 1.08 bits per heavy atom. The van der Waals surface area contributed by atoms with Crippen LogP contribution in [0.4, 0.5) is 11.4 Å². The molecule has 0 aliphatic carbocycles. The van der Waals surface area contributed by atoms with Gasteiger partial charge >= 0.3 is 0 Å². The minimum Gasteiger partial charge on any atom is -0.493 e. The standard InChI is InChI=1S/C19H23IN2O3/c1-23-17-9-15(10-18(24-2)19(17)25-3)22(12-20)11-14-8-13-6-4-5-7-16(13)21-14/h4-7,9-10,14,21H,8,11-12H2,1-3H3. The smallest absolute Gasteiger partial charge is 0.203 e. The maximum Gasteiger partial charge on any atom is 0.203 e. The lowest BCUT2D eigenvalue weighted by Crippen LogP contribution is -2.35. The number of nitrogens with zero attached hydrogens (tertiary/aromatic N) is 1. The zero-order valence-corrected chi connectivity index (χ0v) is 16.9. The lowest BCUT2D eigenvalue weighted by atomic mass is 10.1. The first-order chi connectivity index (χ1) is 12.2. The molecule has 0 radical (unpaired) electrons. The molecule has 1 aliphatic rings. The first-order valence-electron chi connectivity index (χ1n) is 8.15. The predicted molar refractivity (Wildman–Crippen MR) is 110 cm³/mol. The Balaban J connectivity index is 1.82. The number of hydrogen-bond acceptors (Lipinski definition) is 5. The number of benzene rings is 2. The zero-order valence-electron chi connectivity index (χ0n) is 14.7. The van der Waals surface area contributed by atoms with Gasteiger partial charge in [0.05, 0.1) is 25.9 Å². The fraction of sp³-hybridized carbons (Fsp3) is 0.368. The van der Waals surface area contributed by atoms with Gasteiger partial charge in [-0.1, -0.05) is 40.8 Å². The number of hydrogen-bond donors (Lipinski definition) is 1. The Morgan fingerprint density at radius 3 is 2.32 bits per heavy atom. The van der Waals surface area contributed by atoms with E-state index < -0.39 is 0 Å². The third-order valence-corrected chi connectivity index (χ3v) is 5.27. The summed E-state index contributed by atoms with van der Waals surface area (Å²) in [7, 11) is 4.91. The van der Waals surface area contributed by atoms with Crippen molar-refractivity contribution in [2.45, 2.75) is 12.5 Å². The summed E-state index contributed by atoms with van der Waals surface area (Å²) in [5.41, 5.74) is 3.68. The molecular formula is C19H23IN2O3. The summed E-state index contributed by atoms with van der Waals surface area (Å²) in [5.74, 6) is 1.97. The van der Waals surface area contributed by atoms with E-state index in [1.807, 2.05) is 12.1 Å². The molecule has 134 valence electrons. The zero-order chi connectivity index (χ0) is 17.8. The average Bonchev–Trinajstić information content (AvgIpc) is 3.07. The van der Waals surface area contributed by atoms with Crippen LogP contribution in [-0.2, 0) is 6.42 Å². The maximum atomic E-state index is 5.48. The van der Waals surface area contributed by atoms with E-state index in [1.165, 1.54) is 11.3 Å². The number of ether oxygens (including phenoxy) is 3. The summed E-state index contributed by atoms with van der Waals surface area (Å²) < 4.78 is 17.3. The first-order valence-corrected chi connectivity index (χ1v) is 9.68. The Kier molecular flexibility index (Phi) is 5.78. The van der Waals surface area contributed by atoms with Crippen molar-refractivity contribution in [1.82, 2.24) is 0 Å². The number of methoxy groups -OCH3 is 3. The van der Waals surface area contributed by atoms with E-state index in [-0.39, 0.29) is 0 Å². The molecule has 0 saturated heterocycles. The molecule has 5 nitrogen and oxygen atoms in total. The summed E-state index contributed by atoms with van der Waals surface area (Å²) in [4.78, 5) is 2.31. The molecule has 1 aliphatic heterocycles. The lowest BCUT2D eigenvalue weighted by molar-refractivity contribution is 0.324. The highest BCUT2D eigenvalue weighted by Gasteiger charge is 2.23. The third kappa shape index (κ3) is 3.73. The number of para-hydroxylation sites is 1. The van der Waals surface area contributed by atoms with Crippen molar-refractivity contribution in [2.75, 3.05) is 42.6 Å². The molecule has 0 aromatic heterocycles. The second kappa shape index (κ2) is 8.03. The van der Waals surface area contributed by atoms with Crippen LogP contribution in [0.3, 0.4) is 0 Å². The van der Waals surface area contributed by atoms with Crippen LogP contribution in [0.15, 0.2) is 36.4 Å². The highest BCUT2D eigenvalue weighted by molar-refractivity contribution is 14.1. The number of alkyl halides is 1. The number of anilines is 2. The Bertz CT molecular complexity index is 688. The fourth-order valence-corrected chi connectivity index (χ4v) is 3.90.